The Morgan fingerprint density at radius 3 is 2.52 bits per heavy atom. The molecule has 1 atom stereocenters. The Morgan fingerprint density at radius 1 is 1.07 bits per heavy atom. The number of aliphatic hydroxyl groups is 1. The molecule has 1 unspecified atom stereocenters. The summed E-state index contributed by atoms with van der Waals surface area (Å²) in [4.78, 5) is 4.30. The standard InChI is InChI=1S/C21H24N2O3S/c1-3-21(2,24)16-23(15-17-8-5-4-6-9-17)27(25,26)20-11-7-10-18-14-22-13-12-19(18)20/h4-14,24H,3,15-16H2,1-2H3. The molecule has 0 spiro atoms. The van der Waals surface area contributed by atoms with Gasteiger partial charge in [-0.2, -0.15) is 4.31 Å². The van der Waals surface area contributed by atoms with Crippen molar-refractivity contribution in [1.82, 2.24) is 9.29 Å². The molecule has 1 aromatic heterocycles. The molecule has 0 aliphatic carbocycles. The lowest BCUT2D eigenvalue weighted by molar-refractivity contribution is 0.0355. The molecule has 0 radical (unpaired) electrons. The Hall–Kier alpha value is -2.28. The lowest BCUT2D eigenvalue weighted by atomic mass is 10.0. The van der Waals surface area contributed by atoms with Crippen LogP contribution in [0, 0.1) is 0 Å². The summed E-state index contributed by atoms with van der Waals surface area (Å²) in [6.45, 7) is 3.72. The highest BCUT2D eigenvalue weighted by Gasteiger charge is 2.32. The van der Waals surface area contributed by atoms with Crippen LogP contribution in [0.25, 0.3) is 10.8 Å². The van der Waals surface area contributed by atoms with Crippen LogP contribution in [0.15, 0.2) is 71.9 Å². The van der Waals surface area contributed by atoms with E-state index in [1.807, 2.05) is 43.3 Å². The van der Waals surface area contributed by atoms with Gasteiger partial charge in [0.25, 0.3) is 0 Å². The molecule has 0 bridgehead atoms. The van der Waals surface area contributed by atoms with Gasteiger partial charge in [-0.1, -0.05) is 49.4 Å². The molecule has 3 aromatic rings. The van der Waals surface area contributed by atoms with Crippen molar-refractivity contribution in [2.24, 2.45) is 0 Å². The number of rotatable bonds is 7. The van der Waals surface area contributed by atoms with Crippen molar-refractivity contribution in [1.29, 1.82) is 0 Å². The molecule has 0 saturated carbocycles. The van der Waals surface area contributed by atoms with Gasteiger partial charge < -0.3 is 5.11 Å². The van der Waals surface area contributed by atoms with Gasteiger partial charge in [0.2, 0.25) is 10.0 Å². The van der Waals surface area contributed by atoms with E-state index in [0.29, 0.717) is 11.8 Å². The van der Waals surface area contributed by atoms with E-state index in [-0.39, 0.29) is 18.0 Å². The van der Waals surface area contributed by atoms with Crippen molar-refractivity contribution in [3.8, 4) is 0 Å². The minimum Gasteiger partial charge on any atom is -0.389 e. The summed E-state index contributed by atoms with van der Waals surface area (Å²) < 4.78 is 28.4. The zero-order valence-corrected chi connectivity index (χ0v) is 16.4. The maximum atomic E-state index is 13.5. The van der Waals surface area contributed by atoms with Gasteiger partial charge in [-0.3, -0.25) is 4.98 Å². The van der Waals surface area contributed by atoms with Gasteiger partial charge in [0, 0.05) is 36.3 Å². The number of pyridine rings is 1. The lowest BCUT2D eigenvalue weighted by Crippen LogP contribution is -2.43. The Morgan fingerprint density at radius 2 is 1.81 bits per heavy atom. The van der Waals surface area contributed by atoms with Gasteiger partial charge in [0.15, 0.2) is 0 Å². The molecule has 0 aliphatic rings. The summed E-state index contributed by atoms with van der Waals surface area (Å²) in [7, 11) is -3.82. The maximum Gasteiger partial charge on any atom is 0.244 e. The van der Waals surface area contributed by atoms with Crippen molar-refractivity contribution in [3.63, 3.8) is 0 Å². The van der Waals surface area contributed by atoms with Crippen LogP contribution in [0.2, 0.25) is 0 Å². The number of benzene rings is 2. The van der Waals surface area contributed by atoms with Crippen LogP contribution in [0.4, 0.5) is 0 Å². The van der Waals surface area contributed by atoms with Crippen molar-refractivity contribution in [2.75, 3.05) is 6.54 Å². The first-order chi connectivity index (χ1) is 12.8. The topological polar surface area (TPSA) is 70.5 Å². The zero-order chi connectivity index (χ0) is 19.5. The summed E-state index contributed by atoms with van der Waals surface area (Å²) >= 11 is 0. The Bertz CT molecular complexity index is 1010. The number of aromatic nitrogens is 1. The normalized spacial score (nSPS) is 14.4. The Labute approximate surface area is 160 Å². The summed E-state index contributed by atoms with van der Waals surface area (Å²) in [5.74, 6) is 0. The minimum atomic E-state index is -3.82. The molecule has 0 aliphatic heterocycles. The predicted octanol–water partition coefficient (Wildman–Crippen LogP) is 3.59. The zero-order valence-electron chi connectivity index (χ0n) is 15.5. The van der Waals surface area contributed by atoms with Crippen molar-refractivity contribution >= 4 is 20.8 Å². The molecule has 2 aromatic carbocycles. The van der Waals surface area contributed by atoms with Crippen molar-refractivity contribution < 1.29 is 13.5 Å². The van der Waals surface area contributed by atoms with Crippen LogP contribution < -0.4 is 0 Å². The minimum absolute atomic E-state index is 0.0161. The molecule has 0 fully saturated rings. The second-order valence-electron chi connectivity index (χ2n) is 6.96. The number of fused-ring (bicyclic) bond motifs is 1. The largest absolute Gasteiger partial charge is 0.389 e. The summed E-state index contributed by atoms with van der Waals surface area (Å²) in [6, 6.07) is 16.3. The van der Waals surface area contributed by atoms with E-state index in [1.165, 1.54) is 4.31 Å². The van der Waals surface area contributed by atoms with Gasteiger partial charge in [0.1, 0.15) is 0 Å². The van der Waals surface area contributed by atoms with Gasteiger partial charge in [-0.25, -0.2) is 8.42 Å². The number of nitrogens with zero attached hydrogens (tertiary/aromatic N) is 2. The number of hydrogen-bond donors (Lipinski definition) is 1. The highest BCUT2D eigenvalue weighted by Crippen LogP contribution is 2.28. The molecule has 0 saturated heterocycles. The first kappa shape index (κ1) is 19.5. The average Bonchev–Trinajstić information content (AvgIpc) is 2.67. The molecule has 142 valence electrons. The van der Waals surface area contributed by atoms with Gasteiger partial charge in [0.05, 0.1) is 10.5 Å². The third-order valence-corrected chi connectivity index (χ3v) is 6.59. The molecular formula is C21H24N2O3S. The molecule has 3 rings (SSSR count). The average molecular weight is 385 g/mol. The third kappa shape index (κ3) is 4.35. The smallest absolute Gasteiger partial charge is 0.244 e. The monoisotopic (exact) mass is 384 g/mol. The Kier molecular flexibility index (Phi) is 5.60. The third-order valence-electron chi connectivity index (χ3n) is 4.74. The SMILES string of the molecule is CCC(C)(O)CN(Cc1ccccc1)S(=O)(=O)c1cccc2cnccc12. The van der Waals surface area contributed by atoms with Crippen LogP contribution in [-0.4, -0.2) is 35.0 Å². The van der Waals surface area contributed by atoms with E-state index in [0.717, 1.165) is 10.9 Å². The summed E-state index contributed by atoms with van der Waals surface area (Å²) in [5, 5.41) is 12.0. The lowest BCUT2D eigenvalue weighted by Gasteiger charge is -2.30. The fraction of sp³-hybridized carbons (Fsp3) is 0.286. The summed E-state index contributed by atoms with van der Waals surface area (Å²) in [5.41, 5.74) is -0.247. The number of sulfonamides is 1. The van der Waals surface area contributed by atoms with Crippen molar-refractivity contribution in [3.05, 3.63) is 72.6 Å². The van der Waals surface area contributed by atoms with Crippen LogP contribution >= 0.6 is 0 Å². The predicted molar refractivity (Wildman–Crippen MR) is 107 cm³/mol. The van der Waals surface area contributed by atoms with Crippen molar-refractivity contribution in [2.45, 2.75) is 37.3 Å². The second kappa shape index (κ2) is 7.76. The van der Waals surface area contributed by atoms with Crippen LogP contribution in [0.3, 0.4) is 0 Å². The summed E-state index contributed by atoms with van der Waals surface area (Å²) in [6.07, 6.45) is 3.69. The highest BCUT2D eigenvalue weighted by atomic mass is 32.2. The Balaban J connectivity index is 2.08. The highest BCUT2D eigenvalue weighted by molar-refractivity contribution is 7.89. The van der Waals surface area contributed by atoms with Crippen LogP contribution in [0.5, 0.6) is 0 Å². The van der Waals surface area contributed by atoms with E-state index in [9.17, 15) is 13.5 Å². The van der Waals surface area contributed by atoms with Crippen LogP contribution in [-0.2, 0) is 16.6 Å². The van der Waals surface area contributed by atoms with Gasteiger partial charge in [-0.05, 0) is 31.0 Å². The first-order valence-electron chi connectivity index (χ1n) is 8.93. The fourth-order valence-electron chi connectivity index (χ4n) is 2.96. The molecule has 27 heavy (non-hydrogen) atoms. The molecule has 1 heterocycles. The van der Waals surface area contributed by atoms with E-state index in [1.54, 1.807) is 37.5 Å². The molecular weight excluding hydrogens is 360 g/mol. The quantitative estimate of drug-likeness (QED) is 0.676. The van der Waals surface area contributed by atoms with E-state index < -0.39 is 15.6 Å². The van der Waals surface area contributed by atoms with E-state index in [2.05, 4.69) is 4.98 Å². The van der Waals surface area contributed by atoms with E-state index in [4.69, 9.17) is 0 Å². The number of hydrogen-bond acceptors (Lipinski definition) is 4. The molecule has 1 N–H and O–H groups in total. The fourth-order valence-corrected chi connectivity index (χ4v) is 4.72. The van der Waals surface area contributed by atoms with E-state index >= 15 is 0 Å². The molecule has 0 amide bonds. The molecule has 5 nitrogen and oxygen atoms in total. The maximum absolute atomic E-state index is 13.5. The first-order valence-corrected chi connectivity index (χ1v) is 10.4. The van der Waals surface area contributed by atoms with Gasteiger partial charge >= 0.3 is 0 Å². The van der Waals surface area contributed by atoms with Crippen LogP contribution in [0.1, 0.15) is 25.8 Å². The van der Waals surface area contributed by atoms with Gasteiger partial charge in [-0.15, -0.1) is 0 Å². The second-order valence-corrected chi connectivity index (χ2v) is 8.87. The molecule has 6 heteroatoms.